The van der Waals surface area contributed by atoms with Gasteiger partial charge in [0.1, 0.15) is 0 Å². The van der Waals surface area contributed by atoms with Crippen molar-refractivity contribution in [2.45, 2.75) is 31.7 Å². The van der Waals surface area contributed by atoms with Crippen LogP contribution in [0.4, 0.5) is 10.8 Å². The highest BCUT2D eigenvalue weighted by Crippen LogP contribution is 2.36. The molecule has 7 heteroatoms. The molecule has 0 radical (unpaired) electrons. The van der Waals surface area contributed by atoms with Gasteiger partial charge in [0.15, 0.2) is 10.1 Å². The number of hydrogen-bond donors (Lipinski definition) is 1. The normalized spacial score (nSPS) is 11.2. The summed E-state index contributed by atoms with van der Waals surface area (Å²) >= 11 is 2.90. The molecular weight excluding hydrogens is 472 g/mol. The van der Waals surface area contributed by atoms with Crippen molar-refractivity contribution in [1.82, 2.24) is 14.8 Å². The minimum atomic E-state index is 0.0940. The second-order valence-electron chi connectivity index (χ2n) is 8.31. The predicted molar refractivity (Wildman–Crippen MR) is 147 cm³/mol. The lowest BCUT2D eigenvalue weighted by Gasteiger charge is -2.10. The number of benzene rings is 3. The lowest BCUT2D eigenvalue weighted by atomic mass is 10.0. The molecule has 5 nitrogen and oxygen atoms in total. The Hall–Kier alpha value is -3.42. The van der Waals surface area contributed by atoms with Crippen molar-refractivity contribution in [3.05, 3.63) is 89.5 Å². The summed E-state index contributed by atoms with van der Waals surface area (Å²) in [5.74, 6) is 0.395. The van der Waals surface area contributed by atoms with Crippen LogP contribution < -0.4 is 5.32 Å². The van der Waals surface area contributed by atoms with Gasteiger partial charge in [0, 0.05) is 23.1 Å². The Morgan fingerprint density at radius 3 is 2.54 bits per heavy atom. The molecule has 176 valence electrons. The van der Waals surface area contributed by atoms with E-state index in [1.54, 1.807) is 0 Å². The summed E-state index contributed by atoms with van der Waals surface area (Å²) in [4.78, 5) is 13.6. The summed E-state index contributed by atoms with van der Waals surface area (Å²) in [5, 5.41) is 13.7. The SMILES string of the molecule is CCn1c(-c2ccccc2)c(C(=O)CSc2nnc(Nc3cccc(C)c3C)s2)c2ccccc21. The van der Waals surface area contributed by atoms with E-state index in [-0.39, 0.29) is 5.78 Å². The number of nitrogens with one attached hydrogen (secondary N) is 1. The smallest absolute Gasteiger partial charge is 0.210 e. The van der Waals surface area contributed by atoms with Crippen molar-refractivity contribution in [3.8, 4) is 11.3 Å². The van der Waals surface area contributed by atoms with Crippen LogP contribution in [0.5, 0.6) is 0 Å². The standard InChI is InChI=1S/C28H26N4OS2/c1-4-32-23-16-9-8-14-21(23)25(26(32)20-12-6-5-7-13-20)24(33)17-34-28-31-30-27(35-28)29-22-15-10-11-18(2)19(22)3/h5-16H,4,17H2,1-3H3,(H,29,30). The summed E-state index contributed by atoms with van der Waals surface area (Å²) in [7, 11) is 0. The molecule has 0 saturated heterocycles. The van der Waals surface area contributed by atoms with Crippen LogP contribution in [0.25, 0.3) is 22.2 Å². The zero-order chi connectivity index (χ0) is 24.4. The Bertz CT molecular complexity index is 1500. The topological polar surface area (TPSA) is 59.8 Å². The van der Waals surface area contributed by atoms with Gasteiger partial charge in [0.2, 0.25) is 5.13 Å². The first-order valence-electron chi connectivity index (χ1n) is 11.6. The third-order valence-corrected chi connectivity index (χ3v) is 8.16. The molecule has 1 N–H and O–H groups in total. The Morgan fingerprint density at radius 1 is 0.971 bits per heavy atom. The van der Waals surface area contributed by atoms with E-state index < -0.39 is 0 Å². The maximum atomic E-state index is 13.6. The average Bonchev–Trinajstić information content (AvgIpc) is 3.47. The molecular formula is C28H26N4OS2. The maximum absolute atomic E-state index is 13.6. The van der Waals surface area contributed by atoms with Crippen molar-refractivity contribution in [2.75, 3.05) is 11.1 Å². The van der Waals surface area contributed by atoms with Crippen molar-refractivity contribution in [1.29, 1.82) is 0 Å². The molecule has 0 fully saturated rings. The number of carbonyl (C=O) groups excluding carboxylic acids is 1. The Balaban J connectivity index is 1.41. The number of nitrogens with zero attached hydrogens (tertiary/aromatic N) is 3. The van der Waals surface area contributed by atoms with E-state index in [2.05, 4.69) is 65.1 Å². The highest BCUT2D eigenvalue weighted by Gasteiger charge is 2.23. The first-order chi connectivity index (χ1) is 17.1. The number of thioether (sulfide) groups is 1. The summed E-state index contributed by atoms with van der Waals surface area (Å²) in [6, 6.07) is 24.5. The molecule has 0 bridgehead atoms. The number of anilines is 2. The van der Waals surface area contributed by atoms with Gasteiger partial charge in [-0.1, -0.05) is 83.8 Å². The number of aromatic nitrogens is 3. The van der Waals surface area contributed by atoms with E-state index in [9.17, 15) is 4.79 Å². The Labute approximate surface area is 213 Å². The van der Waals surface area contributed by atoms with Gasteiger partial charge in [-0.15, -0.1) is 10.2 Å². The second kappa shape index (κ2) is 10.1. The largest absolute Gasteiger partial charge is 0.340 e. The summed E-state index contributed by atoms with van der Waals surface area (Å²) in [6.45, 7) is 7.08. The molecule has 3 aromatic carbocycles. The van der Waals surface area contributed by atoms with Gasteiger partial charge in [-0.25, -0.2) is 0 Å². The fourth-order valence-electron chi connectivity index (χ4n) is 4.33. The zero-order valence-corrected chi connectivity index (χ0v) is 21.5. The van der Waals surface area contributed by atoms with E-state index in [0.29, 0.717) is 5.75 Å². The molecule has 2 aromatic heterocycles. The minimum absolute atomic E-state index is 0.0940. The molecule has 0 unspecified atom stereocenters. The molecule has 35 heavy (non-hydrogen) atoms. The lowest BCUT2D eigenvalue weighted by molar-refractivity contribution is 0.102. The van der Waals surface area contributed by atoms with E-state index >= 15 is 0 Å². The summed E-state index contributed by atoms with van der Waals surface area (Å²) in [5.41, 5.74) is 7.32. The van der Waals surface area contributed by atoms with Gasteiger partial charge in [-0.05, 0) is 49.6 Å². The first-order valence-corrected chi connectivity index (χ1v) is 13.4. The number of Topliss-reactive ketones (excluding diaryl/α,β-unsaturated/α-hetero) is 1. The third kappa shape index (κ3) is 4.61. The molecule has 0 saturated carbocycles. The Morgan fingerprint density at radius 2 is 1.74 bits per heavy atom. The van der Waals surface area contributed by atoms with Crippen LogP contribution in [0.3, 0.4) is 0 Å². The van der Waals surface area contributed by atoms with Crippen LogP contribution in [-0.2, 0) is 6.54 Å². The van der Waals surface area contributed by atoms with Crippen molar-refractivity contribution < 1.29 is 4.79 Å². The number of ketones is 1. The highest BCUT2D eigenvalue weighted by molar-refractivity contribution is 8.01. The Kier molecular flexibility index (Phi) is 6.70. The zero-order valence-electron chi connectivity index (χ0n) is 19.9. The monoisotopic (exact) mass is 498 g/mol. The predicted octanol–water partition coefficient (Wildman–Crippen LogP) is 7.52. The molecule has 0 aliphatic rings. The summed E-state index contributed by atoms with van der Waals surface area (Å²) in [6.07, 6.45) is 0. The molecule has 5 rings (SSSR count). The van der Waals surface area contributed by atoms with Crippen LogP contribution in [0.15, 0.2) is 77.1 Å². The van der Waals surface area contributed by atoms with Gasteiger partial charge in [-0.2, -0.15) is 0 Å². The molecule has 2 heterocycles. The quantitative estimate of drug-likeness (QED) is 0.177. The number of carbonyl (C=O) groups is 1. The van der Waals surface area contributed by atoms with Crippen molar-refractivity contribution in [3.63, 3.8) is 0 Å². The lowest BCUT2D eigenvalue weighted by Crippen LogP contribution is -2.06. The van der Waals surface area contributed by atoms with E-state index in [4.69, 9.17) is 0 Å². The van der Waals surface area contributed by atoms with Crippen LogP contribution in [-0.4, -0.2) is 26.3 Å². The van der Waals surface area contributed by atoms with Gasteiger partial charge >= 0.3 is 0 Å². The number of para-hydroxylation sites is 1. The van der Waals surface area contributed by atoms with Gasteiger partial charge in [-0.3, -0.25) is 4.79 Å². The first kappa shape index (κ1) is 23.3. The number of rotatable bonds is 8. The fraction of sp³-hybridized carbons (Fsp3) is 0.179. The fourth-order valence-corrected chi connectivity index (χ4v) is 5.97. The summed E-state index contributed by atoms with van der Waals surface area (Å²) < 4.78 is 3.01. The maximum Gasteiger partial charge on any atom is 0.210 e. The van der Waals surface area contributed by atoms with Crippen LogP contribution >= 0.6 is 23.1 Å². The molecule has 0 spiro atoms. The van der Waals surface area contributed by atoms with E-state index in [1.165, 1.54) is 34.2 Å². The highest BCUT2D eigenvalue weighted by atomic mass is 32.2. The molecule has 0 aliphatic heterocycles. The van der Waals surface area contributed by atoms with Crippen molar-refractivity contribution in [2.24, 2.45) is 0 Å². The van der Waals surface area contributed by atoms with Crippen molar-refractivity contribution >= 4 is 50.6 Å². The van der Waals surface area contributed by atoms with E-state index in [0.717, 1.165) is 49.4 Å². The molecule has 0 atom stereocenters. The average molecular weight is 499 g/mol. The van der Waals surface area contributed by atoms with Crippen LogP contribution in [0, 0.1) is 13.8 Å². The third-order valence-electron chi connectivity index (χ3n) is 6.19. The van der Waals surface area contributed by atoms with Gasteiger partial charge in [0.05, 0.1) is 17.0 Å². The molecule has 0 aliphatic carbocycles. The number of aryl methyl sites for hydroxylation is 2. The van der Waals surface area contributed by atoms with Crippen LogP contribution in [0.2, 0.25) is 0 Å². The minimum Gasteiger partial charge on any atom is -0.340 e. The number of fused-ring (bicyclic) bond motifs is 1. The molecule has 5 aromatic rings. The second-order valence-corrected chi connectivity index (χ2v) is 10.5. The van der Waals surface area contributed by atoms with Gasteiger partial charge < -0.3 is 9.88 Å². The van der Waals surface area contributed by atoms with Crippen LogP contribution in [0.1, 0.15) is 28.4 Å². The number of hydrogen-bond acceptors (Lipinski definition) is 6. The van der Waals surface area contributed by atoms with E-state index in [1.807, 2.05) is 48.5 Å². The van der Waals surface area contributed by atoms with Gasteiger partial charge in [0.25, 0.3) is 0 Å². The molecule has 0 amide bonds.